The van der Waals surface area contributed by atoms with Crippen LogP contribution >= 0.6 is 15.9 Å². The fourth-order valence-electron chi connectivity index (χ4n) is 1.71. The van der Waals surface area contributed by atoms with E-state index >= 15 is 0 Å². The smallest absolute Gasteiger partial charge is 0.163 e. The van der Waals surface area contributed by atoms with Crippen LogP contribution in [0.2, 0.25) is 0 Å². The second kappa shape index (κ2) is 5.26. The fourth-order valence-corrected chi connectivity index (χ4v) is 2.40. The molecule has 80 valence electrons. The van der Waals surface area contributed by atoms with Gasteiger partial charge in [-0.05, 0) is 43.5 Å². The van der Waals surface area contributed by atoms with Gasteiger partial charge in [-0.15, -0.1) is 6.58 Å². The largest absolute Gasteiger partial charge is 0.294 e. The Kier molecular flexibility index (Phi) is 4.28. The van der Waals surface area contributed by atoms with Gasteiger partial charge in [0.15, 0.2) is 5.78 Å². The molecule has 0 saturated carbocycles. The van der Waals surface area contributed by atoms with Crippen molar-refractivity contribution in [3.63, 3.8) is 0 Å². The summed E-state index contributed by atoms with van der Waals surface area (Å²) in [5.74, 6) is 0.206. The number of ketones is 1. The summed E-state index contributed by atoms with van der Waals surface area (Å²) in [7, 11) is 0. The molecule has 1 aromatic carbocycles. The fraction of sp³-hybridized carbons (Fsp3) is 0.308. The summed E-state index contributed by atoms with van der Waals surface area (Å²) in [6.07, 6.45) is 3.07. The molecule has 0 bridgehead atoms. The zero-order valence-corrected chi connectivity index (χ0v) is 10.7. The molecule has 0 fully saturated rings. The lowest BCUT2D eigenvalue weighted by Gasteiger charge is -2.08. The van der Waals surface area contributed by atoms with E-state index in [0.29, 0.717) is 6.42 Å². The molecule has 0 aliphatic rings. The molecule has 1 nitrogen and oxygen atoms in total. The number of allylic oxidation sites excluding steroid dienone is 1. The van der Waals surface area contributed by atoms with E-state index in [1.807, 2.05) is 26.0 Å². The monoisotopic (exact) mass is 266 g/mol. The van der Waals surface area contributed by atoms with Crippen molar-refractivity contribution in [1.82, 2.24) is 0 Å². The maximum Gasteiger partial charge on any atom is 0.163 e. The third kappa shape index (κ3) is 3.03. The quantitative estimate of drug-likeness (QED) is 0.589. The lowest BCUT2D eigenvalue weighted by Crippen LogP contribution is -2.04. The Labute approximate surface area is 99.3 Å². The summed E-state index contributed by atoms with van der Waals surface area (Å²) >= 11 is 3.42. The predicted molar refractivity (Wildman–Crippen MR) is 67.4 cm³/mol. The van der Waals surface area contributed by atoms with E-state index in [2.05, 4.69) is 22.5 Å². The van der Waals surface area contributed by atoms with Gasteiger partial charge in [0.1, 0.15) is 0 Å². The summed E-state index contributed by atoms with van der Waals surface area (Å²) in [6, 6.07) is 3.96. The zero-order chi connectivity index (χ0) is 11.4. The molecule has 0 atom stereocenters. The van der Waals surface area contributed by atoms with Gasteiger partial charge in [0, 0.05) is 16.5 Å². The van der Waals surface area contributed by atoms with Gasteiger partial charge in [0.05, 0.1) is 0 Å². The minimum atomic E-state index is 0.206. The molecular weight excluding hydrogens is 252 g/mol. The summed E-state index contributed by atoms with van der Waals surface area (Å²) in [6.45, 7) is 7.57. The predicted octanol–water partition coefficient (Wildman–Crippen LogP) is 4.21. The van der Waals surface area contributed by atoms with Crippen LogP contribution in [0.25, 0.3) is 0 Å². The van der Waals surface area contributed by atoms with Crippen molar-refractivity contribution in [2.24, 2.45) is 0 Å². The topological polar surface area (TPSA) is 17.1 Å². The Morgan fingerprint density at radius 3 is 2.40 bits per heavy atom. The Morgan fingerprint density at radius 2 is 1.93 bits per heavy atom. The molecular formula is C13H15BrO. The Bertz CT molecular complexity index is 371. The van der Waals surface area contributed by atoms with E-state index in [1.165, 1.54) is 0 Å². The van der Waals surface area contributed by atoms with Gasteiger partial charge in [-0.25, -0.2) is 0 Å². The van der Waals surface area contributed by atoms with Crippen LogP contribution in [0.3, 0.4) is 0 Å². The maximum atomic E-state index is 11.9. The number of halogens is 1. The van der Waals surface area contributed by atoms with Crippen LogP contribution in [0.4, 0.5) is 0 Å². The zero-order valence-electron chi connectivity index (χ0n) is 9.14. The van der Waals surface area contributed by atoms with Crippen molar-refractivity contribution in [2.75, 3.05) is 0 Å². The molecule has 1 aromatic rings. The number of aryl methyl sites for hydroxylation is 2. The van der Waals surface area contributed by atoms with Crippen LogP contribution in [0.5, 0.6) is 0 Å². The molecule has 0 heterocycles. The average molecular weight is 267 g/mol. The van der Waals surface area contributed by atoms with Crippen LogP contribution in [0, 0.1) is 13.8 Å². The summed E-state index contributed by atoms with van der Waals surface area (Å²) < 4.78 is 1.03. The lowest BCUT2D eigenvalue weighted by molar-refractivity contribution is 0.0982. The number of carbonyl (C=O) groups excluding carboxylic acids is 1. The average Bonchev–Trinajstić information content (AvgIpc) is 2.12. The van der Waals surface area contributed by atoms with Crippen molar-refractivity contribution in [3.05, 3.63) is 46.0 Å². The minimum Gasteiger partial charge on any atom is -0.294 e. The highest BCUT2D eigenvalue weighted by atomic mass is 79.9. The van der Waals surface area contributed by atoms with E-state index in [0.717, 1.165) is 27.6 Å². The minimum absolute atomic E-state index is 0.206. The van der Waals surface area contributed by atoms with Crippen molar-refractivity contribution < 1.29 is 4.79 Å². The van der Waals surface area contributed by atoms with Gasteiger partial charge in [-0.1, -0.05) is 22.0 Å². The summed E-state index contributed by atoms with van der Waals surface area (Å²) in [5, 5.41) is 0. The first-order valence-corrected chi connectivity index (χ1v) is 5.76. The second-order valence-corrected chi connectivity index (χ2v) is 4.58. The maximum absolute atomic E-state index is 11.9. The summed E-state index contributed by atoms with van der Waals surface area (Å²) in [4.78, 5) is 11.9. The molecule has 0 aliphatic carbocycles. The Morgan fingerprint density at radius 1 is 1.40 bits per heavy atom. The Hall–Kier alpha value is -0.890. The second-order valence-electron chi connectivity index (χ2n) is 3.67. The molecule has 0 aliphatic heterocycles. The van der Waals surface area contributed by atoms with Crippen LogP contribution < -0.4 is 0 Å². The van der Waals surface area contributed by atoms with Gasteiger partial charge < -0.3 is 0 Å². The third-order valence-corrected chi connectivity index (χ3v) is 2.81. The van der Waals surface area contributed by atoms with Gasteiger partial charge in [-0.3, -0.25) is 4.79 Å². The molecule has 2 heteroatoms. The van der Waals surface area contributed by atoms with Gasteiger partial charge in [0.25, 0.3) is 0 Å². The lowest BCUT2D eigenvalue weighted by atomic mass is 9.97. The molecule has 0 aromatic heterocycles. The third-order valence-electron chi connectivity index (χ3n) is 2.35. The van der Waals surface area contributed by atoms with Gasteiger partial charge >= 0.3 is 0 Å². The highest BCUT2D eigenvalue weighted by Gasteiger charge is 2.11. The summed E-state index contributed by atoms with van der Waals surface area (Å²) in [5.41, 5.74) is 2.94. The van der Waals surface area contributed by atoms with E-state index < -0.39 is 0 Å². The molecule has 0 saturated heterocycles. The SMILES string of the molecule is C=CCCC(=O)c1c(C)cc(Br)cc1C. The molecule has 15 heavy (non-hydrogen) atoms. The Balaban J connectivity index is 3.03. The number of Topliss-reactive ketones (excluding diaryl/α,β-unsaturated/α-hetero) is 1. The standard InChI is InChI=1S/C13H15BrO/c1-4-5-6-12(15)13-9(2)7-11(14)8-10(13)3/h4,7-8H,1,5-6H2,2-3H3. The van der Waals surface area contributed by atoms with Crippen molar-refractivity contribution >= 4 is 21.7 Å². The van der Waals surface area contributed by atoms with Crippen LogP contribution in [0.15, 0.2) is 29.3 Å². The number of hydrogen-bond acceptors (Lipinski definition) is 1. The van der Waals surface area contributed by atoms with Crippen molar-refractivity contribution in [3.8, 4) is 0 Å². The normalized spacial score (nSPS) is 10.1. The number of benzene rings is 1. The van der Waals surface area contributed by atoms with Crippen LogP contribution in [0.1, 0.15) is 34.3 Å². The number of carbonyl (C=O) groups is 1. The first-order valence-electron chi connectivity index (χ1n) is 4.97. The number of rotatable bonds is 4. The highest BCUT2D eigenvalue weighted by Crippen LogP contribution is 2.22. The first kappa shape index (κ1) is 12.2. The molecule has 0 unspecified atom stereocenters. The molecule has 1 rings (SSSR count). The van der Waals surface area contributed by atoms with E-state index in [1.54, 1.807) is 6.08 Å². The van der Waals surface area contributed by atoms with E-state index in [4.69, 9.17) is 0 Å². The van der Waals surface area contributed by atoms with Gasteiger partial charge in [-0.2, -0.15) is 0 Å². The highest BCUT2D eigenvalue weighted by molar-refractivity contribution is 9.10. The van der Waals surface area contributed by atoms with Gasteiger partial charge in [0.2, 0.25) is 0 Å². The van der Waals surface area contributed by atoms with Crippen LogP contribution in [-0.4, -0.2) is 5.78 Å². The van der Waals surface area contributed by atoms with Crippen molar-refractivity contribution in [1.29, 1.82) is 0 Å². The van der Waals surface area contributed by atoms with Crippen molar-refractivity contribution in [2.45, 2.75) is 26.7 Å². The first-order chi connectivity index (χ1) is 7.06. The number of hydrogen-bond donors (Lipinski definition) is 0. The van der Waals surface area contributed by atoms with Crippen LogP contribution in [-0.2, 0) is 0 Å². The molecule has 0 amide bonds. The molecule has 0 radical (unpaired) electrons. The van der Waals surface area contributed by atoms with E-state index in [-0.39, 0.29) is 5.78 Å². The molecule has 0 N–H and O–H groups in total. The molecule has 0 spiro atoms. The van der Waals surface area contributed by atoms with E-state index in [9.17, 15) is 4.79 Å².